The first-order valence-electron chi connectivity index (χ1n) is 6.26. The van der Waals surface area contributed by atoms with Crippen molar-refractivity contribution in [1.82, 2.24) is 5.32 Å². The Hall–Kier alpha value is -1.76. The summed E-state index contributed by atoms with van der Waals surface area (Å²) in [6, 6.07) is 5.09. The van der Waals surface area contributed by atoms with E-state index in [-0.39, 0.29) is 5.84 Å². The maximum atomic E-state index is 12.4. The van der Waals surface area contributed by atoms with Gasteiger partial charge in [0.25, 0.3) is 0 Å². The minimum Gasteiger partial charge on any atom is -0.409 e. The summed E-state index contributed by atoms with van der Waals surface area (Å²) in [6.07, 6.45) is -2.13. The van der Waals surface area contributed by atoms with Crippen LogP contribution in [0.3, 0.4) is 0 Å². The summed E-state index contributed by atoms with van der Waals surface area (Å²) in [7, 11) is 0. The molecule has 0 aliphatic rings. The molecule has 7 heteroatoms. The SMILES string of the molecule is NC(CCCCNCc1ccc(C(F)(F)F)cc1)=NO. The number of rotatable bonds is 7. The van der Waals surface area contributed by atoms with Gasteiger partial charge in [0.05, 0.1) is 5.56 Å². The van der Waals surface area contributed by atoms with Crippen molar-refractivity contribution in [3.8, 4) is 0 Å². The van der Waals surface area contributed by atoms with Crippen LogP contribution in [-0.2, 0) is 12.7 Å². The summed E-state index contributed by atoms with van der Waals surface area (Å²) >= 11 is 0. The van der Waals surface area contributed by atoms with E-state index in [2.05, 4.69) is 10.5 Å². The monoisotopic (exact) mass is 289 g/mol. The van der Waals surface area contributed by atoms with Gasteiger partial charge in [0.15, 0.2) is 0 Å². The number of nitrogens with zero attached hydrogens (tertiary/aromatic N) is 1. The molecular weight excluding hydrogens is 271 g/mol. The topological polar surface area (TPSA) is 70.6 Å². The van der Waals surface area contributed by atoms with Gasteiger partial charge >= 0.3 is 6.18 Å². The Kier molecular flexibility index (Phi) is 6.30. The van der Waals surface area contributed by atoms with E-state index in [0.29, 0.717) is 13.0 Å². The van der Waals surface area contributed by atoms with Crippen LogP contribution in [0.1, 0.15) is 30.4 Å². The van der Waals surface area contributed by atoms with Gasteiger partial charge in [-0.25, -0.2) is 0 Å². The lowest BCUT2D eigenvalue weighted by Crippen LogP contribution is -2.16. The summed E-state index contributed by atoms with van der Waals surface area (Å²) in [5, 5.41) is 14.3. The van der Waals surface area contributed by atoms with Crippen molar-refractivity contribution in [2.24, 2.45) is 10.9 Å². The van der Waals surface area contributed by atoms with Gasteiger partial charge in [-0.3, -0.25) is 0 Å². The molecule has 0 heterocycles. The number of benzene rings is 1. The van der Waals surface area contributed by atoms with Gasteiger partial charge < -0.3 is 16.3 Å². The van der Waals surface area contributed by atoms with E-state index in [1.807, 2.05) is 0 Å². The normalized spacial score (nSPS) is 12.7. The summed E-state index contributed by atoms with van der Waals surface area (Å²) in [5.74, 6) is 0.202. The van der Waals surface area contributed by atoms with E-state index >= 15 is 0 Å². The number of alkyl halides is 3. The average Bonchev–Trinajstić information content (AvgIpc) is 2.41. The van der Waals surface area contributed by atoms with Gasteiger partial charge in [0, 0.05) is 13.0 Å². The Morgan fingerprint density at radius 1 is 1.20 bits per heavy atom. The summed E-state index contributed by atoms with van der Waals surface area (Å²) in [4.78, 5) is 0. The van der Waals surface area contributed by atoms with Crippen LogP contribution in [0.25, 0.3) is 0 Å². The third kappa shape index (κ3) is 5.92. The molecule has 112 valence electrons. The second-order valence-corrected chi connectivity index (χ2v) is 4.42. The van der Waals surface area contributed by atoms with Gasteiger partial charge in [-0.1, -0.05) is 17.3 Å². The van der Waals surface area contributed by atoms with Crippen LogP contribution in [0, 0.1) is 0 Å². The number of hydrogen-bond acceptors (Lipinski definition) is 3. The van der Waals surface area contributed by atoms with Crippen molar-refractivity contribution in [2.45, 2.75) is 32.0 Å². The number of oxime groups is 1. The Balaban J connectivity index is 2.23. The second kappa shape index (κ2) is 7.74. The summed E-state index contributed by atoms with van der Waals surface area (Å²) in [5.41, 5.74) is 5.48. The zero-order valence-corrected chi connectivity index (χ0v) is 11.0. The molecule has 0 saturated heterocycles. The van der Waals surface area contributed by atoms with Crippen LogP contribution < -0.4 is 11.1 Å². The Morgan fingerprint density at radius 2 is 1.85 bits per heavy atom. The molecule has 4 N–H and O–H groups in total. The van der Waals surface area contributed by atoms with Crippen LogP contribution in [0.4, 0.5) is 13.2 Å². The molecular formula is C13H18F3N3O. The van der Waals surface area contributed by atoms with Crippen molar-refractivity contribution in [2.75, 3.05) is 6.54 Å². The molecule has 0 aromatic heterocycles. The van der Waals surface area contributed by atoms with Crippen LogP contribution in [-0.4, -0.2) is 17.6 Å². The van der Waals surface area contributed by atoms with Crippen molar-refractivity contribution in [3.63, 3.8) is 0 Å². The van der Waals surface area contributed by atoms with Crippen molar-refractivity contribution in [3.05, 3.63) is 35.4 Å². The van der Waals surface area contributed by atoms with Gasteiger partial charge in [0.1, 0.15) is 5.84 Å². The fourth-order valence-electron chi connectivity index (χ4n) is 1.65. The molecule has 0 fully saturated rings. The Bertz CT molecular complexity index is 429. The summed E-state index contributed by atoms with van der Waals surface area (Å²) < 4.78 is 37.1. The number of nitrogens with two attached hydrogens (primary N) is 1. The molecule has 1 rings (SSSR count). The third-order valence-electron chi connectivity index (χ3n) is 2.78. The predicted molar refractivity (Wildman–Crippen MR) is 70.4 cm³/mol. The van der Waals surface area contributed by atoms with Crippen LogP contribution in [0.2, 0.25) is 0 Å². The number of unbranched alkanes of at least 4 members (excludes halogenated alkanes) is 1. The molecule has 0 unspecified atom stereocenters. The fourth-order valence-corrected chi connectivity index (χ4v) is 1.65. The van der Waals surface area contributed by atoms with Crippen molar-refractivity contribution >= 4 is 5.84 Å². The first-order chi connectivity index (χ1) is 9.43. The van der Waals surface area contributed by atoms with Gasteiger partial charge in [-0.15, -0.1) is 0 Å². The largest absolute Gasteiger partial charge is 0.416 e. The highest BCUT2D eigenvalue weighted by molar-refractivity contribution is 5.79. The lowest BCUT2D eigenvalue weighted by atomic mass is 10.1. The molecule has 20 heavy (non-hydrogen) atoms. The van der Waals surface area contributed by atoms with Crippen molar-refractivity contribution < 1.29 is 18.4 Å². The van der Waals surface area contributed by atoms with Gasteiger partial charge in [-0.2, -0.15) is 13.2 Å². The standard InChI is InChI=1S/C13H18F3N3O/c14-13(15,16)11-6-4-10(5-7-11)9-18-8-2-1-3-12(17)19-20/h4-7,18,20H,1-3,8-9H2,(H2,17,19). The molecule has 0 saturated carbocycles. The third-order valence-corrected chi connectivity index (χ3v) is 2.78. The quantitative estimate of drug-likeness (QED) is 0.238. The second-order valence-electron chi connectivity index (χ2n) is 4.42. The lowest BCUT2D eigenvalue weighted by molar-refractivity contribution is -0.137. The minimum absolute atomic E-state index is 0.202. The highest BCUT2D eigenvalue weighted by Crippen LogP contribution is 2.28. The van der Waals surface area contributed by atoms with Crippen molar-refractivity contribution in [1.29, 1.82) is 0 Å². The highest BCUT2D eigenvalue weighted by atomic mass is 19.4. The molecule has 0 bridgehead atoms. The minimum atomic E-state index is -4.29. The number of halogens is 3. The maximum Gasteiger partial charge on any atom is 0.416 e. The highest BCUT2D eigenvalue weighted by Gasteiger charge is 2.29. The summed E-state index contributed by atoms with van der Waals surface area (Å²) in [6.45, 7) is 1.24. The smallest absolute Gasteiger partial charge is 0.409 e. The van der Waals surface area contributed by atoms with Crippen LogP contribution in [0.15, 0.2) is 29.4 Å². The van der Waals surface area contributed by atoms with E-state index in [4.69, 9.17) is 10.9 Å². The first kappa shape index (κ1) is 16.3. The molecule has 1 aromatic carbocycles. The molecule has 0 aliphatic heterocycles. The first-order valence-corrected chi connectivity index (χ1v) is 6.26. The Morgan fingerprint density at radius 3 is 2.40 bits per heavy atom. The molecule has 0 radical (unpaired) electrons. The molecule has 1 aromatic rings. The molecule has 0 spiro atoms. The zero-order valence-electron chi connectivity index (χ0n) is 11.0. The van der Waals surface area contributed by atoms with E-state index in [0.717, 1.165) is 37.1 Å². The van der Waals surface area contributed by atoms with E-state index in [1.165, 1.54) is 12.1 Å². The van der Waals surface area contributed by atoms with E-state index in [1.54, 1.807) is 0 Å². The van der Waals surface area contributed by atoms with E-state index < -0.39 is 11.7 Å². The van der Waals surface area contributed by atoms with Gasteiger partial charge in [0.2, 0.25) is 0 Å². The maximum absolute atomic E-state index is 12.4. The fraction of sp³-hybridized carbons (Fsp3) is 0.462. The average molecular weight is 289 g/mol. The zero-order chi connectivity index (χ0) is 15.0. The molecule has 4 nitrogen and oxygen atoms in total. The Labute approximate surface area is 115 Å². The van der Waals surface area contributed by atoms with Gasteiger partial charge in [-0.05, 0) is 37.1 Å². The van der Waals surface area contributed by atoms with Crippen LogP contribution >= 0.6 is 0 Å². The lowest BCUT2D eigenvalue weighted by Gasteiger charge is -2.08. The molecule has 0 aliphatic carbocycles. The number of hydrogen-bond donors (Lipinski definition) is 3. The number of nitrogens with one attached hydrogen (secondary N) is 1. The number of amidine groups is 1. The molecule has 0 atom stereocenters. The molecule has 0 amide bonds. The van der Waals surface area contributed by atoms with Crippen LogP contribution in [0.5, 0.6) is 0 Å². The predicted octanol–water partition coefficient (Wildman–Crippen LogP) is 2.71. The van der Waals surface area contributed by atoms with E-state index in [9.17, 15) is 13.2 Å².